The summed E-state index contributed by atoms with van der Waals surface area (Å²) in [4.78, 5) is 22.9. The number of ketones is 1. The molecule has 0 atom stereocenters. The number of hydrogen-bond donors (Lipinski definition) is 1. The summed E-state index contributed by atoms with van der Waals surface area (Å²) in [6.45, 7) is 1.60. The minimum absolute atomic E-state index is 0.0444. The molecule has 1 N–H and O–H groups in total. The highest BCUT2D eigenvalue weighted by atomic mass is 16.5. The van der Waals surface area contributed by atoms with Crippen molar-refractivity contribution < 1.29 is 24.2 Å². The van der Waals surface area contributed by atoms with E-state index in [-0.39, 0.29) is 23.5 Å². The van der Waals surface area contributed by atoms with E-state index in [2.05, 4.69) is 4.74 Å². The third-order valence-corrected chi connectivity index (χ3v) is 2.14. The monoisotopic (exact) mass is 249 g/mol. The number of esters is 1. The number of methoxy groups -OCH3 is 1. The van der Waals surface area contributed by atoms with Gasteiger partial charge in [0.25, 0.3) is 5.78 Å². The predicted molar refractivity (Wildman–Crippen MR) is 60.3 cm³/mol. The normalized spacial score (nSPS) is 9.39. The highest BCUT2D eigenvalue weighted by molar-refractivity contribution is 6.41. The zero-order chi connectivity index (χ0) is 13.7. The molecule has 0 unspecified atom stereocenters. The number of phenolic OH excluding ortho intramolecular Hbond substituents is 1. The van der Waals surface area contributed by atoms with Crippen molar-refractivity contribution in [2.75, 3.05) is 13.7 Å². The quantitative estimate of drug-likeness (QED) is 0.486. The topological polar surface area (TPSA) is 96.6 Å². The van der Waals surface area contributed by atoms with E-state index in [1.165, 1.54) is 7.11 Å². The zero-order valence-electron chi connectivity index (χ0n) is 9.89. The van der Waals surface area contributed by atoms with Gasteiger partial charge in [0.15, 0.2) is 0 Å². The lowest BCUT2D eigenvalue weighted by atomic mass is 10.1. The molecule has 0 fully saturated rings. The van der Waals surface area contributed by atoms with Gasteiger partial charge in [0.2, 0.25) is 0 Å². The Morgan fingerprint density at radius 2 is 2.11 bits per heavy atom. The SMILES string of the molecule is CCOC(=O)C(=O)c1cc(C#N)c(OC)cc1O. The standard InChI is InChI=1S/C12H11NO5/c1-3-18-12(16)11(15)8-4-7(6-13)10(17-2)5-9(8)14/h4-5,14H,3H2,1-2H3. The lowest BCUT2D eigenvalue weighted by molar-refractivity contribution is -0.137. The van der Waals surface area contributed by atoms with Gasteiger partial charge >= 0.3 is 5.97 Å². The van der Waals surface area contributed by atoms with E-state index in [9.17, 15) is 14.7 Å². The van der Waals surface area contributed by atoms with Gasteiger partial charge in [0.1, 0.15) is 17.6 Å². The van der Waals surface area contributed by atoms with Crippen LogP contribution in [-0.2, 0) is 9.53 Å². The average molecular weight is 249 g/mol. The van der Waals surface area contributed by atoms with Gasteiger partial charge in [-0.25, -0.2) is 4.79 Å². The zero-order valence-corrected chi connectivity index (χ0v) is 9.89. The van der Waals surface area contributed by atoms with Crippen molar-refractivity contribution in [3.63, 3.8) is 0 Å². The number of nitriles is 1. The number of aromatic hydroxyl groups is 1. The minimum atomic E-state index is -1.08. The van der Waals surface area contributed by atoms with Crippen LogP contribution in [0.3, 0.4) is 0 Å². The maximum absolute atomic E-state index is 11.6. The highest BCUT2D eigenvalue weighted by Crippen LogP contribution is 2.28. The molecule has 6 nitrogen and oxygen atoms in total. The van der Waals surface area contributed by atoms with Gasteiger partial charge in [-0.3, -0.25) is 4.79 Å². The first kappa shape index (κ1) is 13.5. The summed E-state index contributed by atoms with van der Waals surface area (Å²) in [6.07, 6.45) is 0. The number of nitrogens with zero attached hydrogens (tertiary/aromatic N) is 1. The summed E-state index contributed by atoms with van der Waals surface area (Å²) < 4.78 is 9.38. The van der Waals surface area contributed by atoms with E-state index in [0.717, 1.165) is 12.1 Å². The second-order valence-electron chi connectivity index (χ2n) is 3.23. The number of ether oxygens (including phenoxy) is 2. The summed E-state index contributed by atoms with van der Waals surface area (Å²) in [5, 5.41) is 18.5. The fourth-order valence-electron chi connectivity index (χ4n) is 1.31. The first-order valence-corrected chi connectivity index (χ1v) is 5.07. The maximum Gasteiger partial charge on any atom is 0.379 e. The third-order valence-electron chi connectivity index (χ3n) is 2.14. The van der Waals surface area contributed by atoms with E-state index in [4.69, 9.17) is 10.00 Å². The van der Waals surface area contributed by atoms with Crippen LogP contribution in [0.4, 0.5) is 0 Å². The van der Waals surface area contributed by atoms with E-state index in [1.807, 2.05) is 0 Å². The molecule has 0 aliphatic carbocycles. The number of phenols is 1. The van der Waals surface area contributed by atoms with Crippen LogP contribution in [-0.4, -0.2) is 30.6 Å². The number of hydrogen-bond acceptors (Lipinski definition) is 6. The molecule has 0 heterocycles. The molecule has 6 heteroatoms. The lowest BCUT2D eigenvalue weighted by Crippen LogP contribution is -2.17. The third kappa shape index (κ3) is 2.58. The first-order valence-electron chi connectivity index (χ1n) is 5.07. The molecule has 0 saturated heterocycles. The number of carbonyl (C=O) groups is 2. The van der Waals surface area contributed by atoms with Gasteiger partial charge in [-0.15, -0.1) is 0 Å². The molecule has 94 valence electrons. The van der Waals surface area contributed by atoms with Crippen molar-refractivity contribution in [3.8, 4) is 17.6 Å². The van der Waals surface area contributed by atoms with Crippen molar-refractivity contribution in [1.29, 1.82) is 5.26 Å². The van der Waals surface area contributed by atoms with Crippen LogP contribution in [0.5, 0.6) is 11.5 Å². The molecule has 0 radical (unpaired) electrons. The Hall–Kier alpha value is -2.55. The molecular weight excluding hydrogens is 238 g/mol. The molecule has 0 bridgehead atoms. The molecule has 1 rings (SSSR count). The number of Topliss-reactive ketones (excluding diaryl/α,β-unsaturated/α-hetero) is 1. The van der Waals surface area contributed by atoms with Gasteiger partial charge in [-0.2, -0.15) is 5.26 Å². The number of carbonyl (C=O) groups excluding carboxylic acids is 2. The van der Waals surface area contributed by atoms with Crippen molar-refractivity contribution in [2.24, 2.45) is 0 Å². The Balaban J connectivity index is 3.22. The van der Waals surface area contributed by atoms with E-state index < -0.39 is 17.5 Å². The van der Waals surface area contributed by atoms with Crippen molar-refractivity contribution >= 4 is 11.8 Å². The molecular formula is C12H11NO5. The molecule has 0 amide bonds. The van der Waals surface area contributed by atoms with Crippen LogP contribution in [0.25, 0.3) is 0 Å². The van der Waals surface area contributed by atoms with Crippen LogP contribution in [0.15, 0.2) is 12.1 Å². The van der Waals surface area contributed by atoms with Crippen LogP contribution in [0.1, 0.15) is 22.8 Å². The smallest absolute Gasteiger partial charge is 0.379 e. The van der Waals surface area contributed by atoms with Gasteiger partial charge in [0.05, 0.1) is 24.8 Å². The van der Waals surface area contributed by atoms with Crippen molar-refractivity contribution in [3.05, 3.63) is 23.3 Å². The summed E-state index contributed by atoms with van der Waals surface area (Å²) >= 11 is 0. The molecule has 18 heavy (non-hydrogen) atoms. The molecule has 0 saturated carbocycles. The second-order valence-corrected chi connectivity index (χ2v) is 3.23. The Bertz CT molecular complexity index is 530. The molecule has 1 aromatic rings. The first-order chi connectivity index (χ1) is 8.54. The average Bonchev–Trinajstić information content (AvgIpc) is 2.37. The van der Waals surface area contributed by atoms with Crippen LogP contribution in [0.2, 0.25) is 0 Å². The van der Waals surface area contributed by atoms with Gasteiger partial charge in [-0.1, -0.05) is 0 Å². The van der Waals surface area contributed by atoms with Crippen LogP contribution >= 0.6 is 0 Å². The second kappa shape index (κ2) is 5.68. The summed E-state index contributed by atoms with van der Waals surface area (Å²) in [6, 6.07) is 3.99. The molecule has 1 aromatic carbocycles. The van der Waals surface area contributed by atoms with Crippen LogP contribution in [0, 0.1) is 11.3 Å². The maximum atomic E-state index is 11.6. The molecule has 0 spiro atoms. The van der Waals surface area contributed by atoms with Crippen molar-refractivity contribution in [1.82, 2.24) is 0 Å². The van der Waals surface area contributed by atoms with E-state index in [0.29, 0.717) is 0 Å². The molecule has 0 aliphatic heterocycles. The van der Waals surface area contributed by atoms with Gasteiger partial charge < -0.3 is 14.6 Å². The van der Waals surface area contributed by atoms with E-state index >= 15 is 0 Å². The minimum Gasteiger partial charge on any atom is -0.507 e. The summed E-state index contributed by atoms with van der Waals surface area (Å²) in [7, 11) is 1.32. The summed E-state index contributed by atoms with van der Waals surface area (Å²) in [5.41, 5.74) is -0.242. The summed E-state index contributed by atoms with van der Waals surface area (Å²) in [5.74, 6) is -2.41. The Kier molecular flexibility index (Phi) is 4.27. The highest BCUT2D eigenvalue weighted by Gasteiger charge is 2.23. The Morgan fingerprint density at radius 1 is 1.44 bits per heavy atom. The van der Waals surface area contributed by atoms with Crippen LogP contribution < -0.4 is 4.74 Å². The van der Waals surface area contributed by atoms with Gasteiger partial charge in [0, 0.05) is 6.07 Å². The molecule has 0 aromatic heterocycles. The van der Waals surface area contributed by atoms with Crippen molar-refractivity contribution in [2.45, 2.75) is 6.92 Å². The Labute approximate surface area is 103 Å². The van der Waals surface area contributed by atoms with Gasteiger partial charge in [-0.05, 0) is 13.0 Å². The predicted octanol–water partition coefficient (Wildman–Crippen LogP) is 1.02. The van der Waals surface area contributed by atoms with E-state index in [1.54, 1.807) is 13.0 Å². The molecule has 0 aliphatic rings. The number of rotatable bonds is 4. The lowest BCUT2D eigenvalue weighted by Gasteiger charge is -2.07. The fraction of sp³-hybridized carbons (Fsp3) is 0.250. The largest absolute Gasteiger partial charge is 0.507 e. The number of benzene rings is 1. The Morgan fingerprint density at radius 3 is 2.61 bits per heavy atom. The fourth-order valence-corrected chi connectivity index (χ4v) is 1.31.